The molecule has 25 heavy (non-hydrogen) atoms. The second-order valence-corrected chi connectivity index (χ2v) is 6.12. The number of carbonyl (C=O) groups is 1. The molecule has 3 rings (SSSR count). The molecule has 0 fully saturated rings. The molecule has 0 aliphatic carbocycles. The van der Waals surface area contributed by atoms with Crippen LogP contribution in [0.3, 0.4) is 0 Å². The predicted molar refractivity (Wildman–Crippen MR) is 98.1 cm³/mol. The molecule has 1 N–H and O–H groups in total. The van der Waals surface area contributed by atoms with Gasteiger partial charge in [0.05, 0.1) is 25.5 Å². The molecular weight excluding hydrogens is 336 g/mol. The number of aryl methyl sites for hydroxylation is 1. The second kappa shape index (κ2) is 6.95. The molecule has 0 spiro atoms. The van der Waals surface area contributed by atoms with E-state index in [-0.39, 0.29) is 12.2 Å². The number of aromatic nitrogens is 1. The van der Waals surface area contributed by atoms with Crippen LogP contribution in [0.1, 0.15) is 28.4 Å². The molecule has 0 amide bonds. The number of rotatable bonds is 3. The molecule has 2 aromatic rings. The highest BCUT2D eigenvalue weighted by Gasteiger charge is 2.24. The normalized spacial score (nSPS) is 12.8. The molecule has 0 saturated heterocycles. The molecule has 1 aromatic carbocycles. The highest BCUT2D eigenvalue weighted by Crippen LogP contribution is 2.27. The number of ether oxygens (including phenoxy) is 1. The van der Waals surface area contributed by atoms with Crippen LogP contribution in [-0.2, 0) is 11.4 Å². The molecule has 0 radical (unpaired) electrons. The molecule has 0 unspecified atom stereocenters. The molecule has 0 atom stereocenters. The third-order valence-electron chi connectivity index (χ3n) is 4.05. The Morgan fingerprint density at radius 2 is 2.12 bits per heavy atom. The topological polar surface area (TPSA) is 70.3 Å². The van der Waals surface area contributed by atoms with E-state index in [4.69, 9.17) is 17.0 Å². The summed E-state index contributed by atoms with van der Waals surface area (Å²) in [6, 6.07) is 11.7. The Labute approximate surface area is 151 Å². The Hall–Kier alpha value is -2.85. The first-order chi connectivity index (χ1) is 12.0. The molecule has 2 heterocycles. The Morgan fingerprint density at radius 3 is 2.76 bits per heavy atom. The average Bonchev–Trinajstić information content (AvgIpc) is 2.63. The Balaban J connectivity index is 2.05. The molecule has 1 aromatic heterocycles. The summed E-state index contributed by atoms with van der Waals surface area (Å²) < 4.78 is 7.27. The predicted octanol–water partition coefficient (Wildman–Crippen LogP) is 3.42. The minimum absolute atomic E-state index is 0.269. The van der Waals surface area contributed by atoms with Crippen LogP contribution in [0.5, 0.6) is 0 Å². The van der Waals surface area contributed by atoms with Gasteiger partial charge < -0.3 is 15.0 Å². The van der Waals surface area contributed by atoms with Crippen molar-refractivity contribution in [2.75, 3.05) is 23.5 Å². The van der Waals surface area contributed by atoms with Gasteiger partial charge in [0.25, 0.3) is 0 Å². The highest BCUT2D eigenvalue weighted by molar-refractivity contribution is 7.71. The van der Waals surface area contributed by atoms with Crippen LogP contribution in [-0.4, -0.2) is 23.8 Å². The summed E-state index contributed by atoms with van der Waals surface area (Å²) in [5.74, 6) is 0.125. The van der Waals surface area contributed by atoms with Gasteiger partial charge in [0, 0.05) is 5.69 Å². The van der Waals surface area contributed by atoms with Crippen molar-refractivity contribution in [3.05, 3.63) is 51.7 Å². The number of pyridine rings is 1. The van der Waals surface area contributed by atoms with Crippen molar-refractivity contribution in [2.45, 2.75) is 20.5 Å². The molecule has 1 aliphatic heterocycles. The summed E-state index contributed by atoms with van der Waals surface area (Å²) in [4.78, 5) is 14.3. The number of nitrogens with zero attached hydrogens (tertiary/aromatic N) is 3. The van der Waals surface area contributed by atoms with Gasteiger partial charge in [-0.3, -0.25) is 4.57 Å². The van der Waals surface area contributed by atoms with Crippen molar-refractivity contribution in [3.63, 3.8) is 0 Å². The average molecular weight is 354 g/mol. The van der Waals surface area contributed by atoms with Crippen molar-refractivity contribution in [3.8, 4) is 6.07 Å². The van der Waals surface area contributed by atoms with Gasteiger partial charge >= 0.3 is 5.97 Å². The van der Waals surface area contributed by atoms with E-state index >= 15 is 0 Å². The van der Waals surface area contributed by atoms with Crippen molar-refractivity contribution in [1.82, 2.24) is 4.57 Å². The number of nitriles is 1. The Morgan fingerprint density at radius 1 is 1.40 bits per heavy atom. The first-order valence-electron chi connectivity index (χ1n) is 7.95. The first kappa shape index (κ1) is 17.0. The van der Waals surface area contributed by atoms with Gasteiger partial charge in [-0.25, -0.2) is 4.79 Å². The maximum atomic E-state index is 12.3. The van der Waals surface area contributed by atoms with Crippen molar-refractivity contribution < 1.29 is 9.53 Å². The van der Waals surface area contributed by atoms with Crippen LogP contribution in [0.4, 0.5) is 11.5 Å². The number of benzene rings is 1. The molecular formula is C18H18N4O2S. The van der Waals surface area contributed by atoms with Gasteiger partial charge in [-0.15, -0.1) is 0 Å². The summed E-state index contributed by atoms with van der Waals surface area (Å²) in [7, 11) is 0. The van der Waals surface area contributed by atoms with Crippen LogP contribution in [0.25, 0.3) is 0 Å². The van der Waals surface area contributed by atoms with E-state index in [1.165, 1.54) is 11.6 Å². The third kappa shape index (κ3) is 3.21. The zero-order valence-corrected chi connectivity index (χ0v) is 14.9. The monoisotopic (exact) mass is 354 g/mol. The summed E-state index contributed by atoms with van der Waals surface area (Å²) in [6.07, 6.45) is 0. The van der Waals surface area contributed by atoms with E-state index in [0.29, 0.717) is 29.4 Å². The zero-order chi connectivity index (χ0) is 18.0. The number of anilines is 2. The summed E-state index contributed by atoms with van der Waals surface area (Å²) in [6.45, 7) is 5.03. The zero-order valence-electron chi connectivity index (χ0n) is 14.1. The summed E-state index contributed by atoms with van der Waals surface area (Å²) in [5, 5.41) is 12.6. The number of esters is 1. The minimum Gasteiger partial charge on any atom is -0.462 e. The minimum atomic E-state index is -0.464. The Bertz CT molecular complexity index is 912. The maximum Gasteiger partial charge on any atom is 0.341 e. The fourth-order valence-electron chi connectivity index (χ4n) is 2.76. The first-order valence-corrected chi connectivity index (χ1v) is 8.36. The van der Waals surface area contributed by atoms with Gasteiger partial charge in [0.15, 0.2) is 0 Å². The number of hydrogen-bond donors (Lipinski definition) is 1. The summed E-state index contributed by atoms with van der Waals surface area (Å²) in [5.41, 5.74) is 2.83. The van der Waals surface area contributed by atoms with Crippen LogP contribution in [0.15, 0.2) is 30.3 Å². The Kier molecular flexibility index (Phi) is 4.72. The SMILES string of the molecule is CCOC(=O)c1cc(C#N)c(=S)n2c1NCN(c1ccc(C)cc1)C2. The maximum absolute atomic E-state index is 12.3. The fraction of sp³-hybridized carbons (Fsp3) is 0.278. The van der Waals surface area contributed by atoms with E-state index in [1.807, 2.05) is 31.2 Å². The van der Waals surface area contributed by atoms with E-state index < -0.39 is 5.97 Å². The third-order valence-corrected chi connectivity index (χ3v) is 4.49. The molecule has 0 saturated carbocycles. The smallest absolute Gasteiger partial charge is 0.341 e. The molecule has 0 bridgehead atoms. The van der Waals surface area contributed by atoms with E-state index in [2.05, 4.69) is 16.3 Å². The van der Waals surface area contributed by atoms with Crippen molar-refractivity contribution in [2.24, 2.45) is 0 Å². The van der Waals surface area contributed by atoms with Crippen LogP contribution >= 0.6 is 12.2 Å². The number of carbonyl (C=O) groups excluding carboxylic acids is 1. The highest BCUT2D eigenvalue weighted by atomic mass is 32.1. The quantitative estimate of drug-likeness (QED) is 0.673. The van der Waals surface area contributed by atoms with Crippen molar-refractivity contribution >= 4 is 29.7 Å². The number of hydrogen-bond acceptors (Lipinski definition) is 6. The van der Waals surface area contributed by atoms with Gasteiger partial charge in [-0.1, -0.05) is 29.9 Å². The molecule has 7 heteroatoms. The van der Waals surface area contributed by atoms with Gasteiger partial charge in [-0.2, -0.15) is 5.26 Å². The lowest BCUT2D eigenvalue weighted by atomic mass is 10.1. The van der Waals surface area contributed by atoms with Crippen LogP contribution < -0.4 is 10.2 Å². The van der Waals surface area contributed by atoms with Crippen LogP contribution in [0.2, 0.25) is 0 Å². The molecule has 128 valence electrons. The van der Waals surface area contributed by atoms with Gasteiger partial charge in [0.2, 0.25) is 0 Å². The van der Waals surface area contributed by atoms with Gasteiger partial charge in [-0.05, 0) is 32.0 Å². The number of nitrogens with one attached hydrogen (secondary N) is 1. The van der Waals surface area contributed by atoms with E-state index in [0.717, 1.165) is 5.69 Å². The standard InChI is InChI=1S/C18H18N4O2S/c1-3-24-18(23)15-8-13(9-19)17(25)22-11-21(10-20-16(15)22)14-6-4-12(2)5-7-14/h4-8,20H,3,10-11H2,1-2H3. The molecule has 1 aliphatic rings. The molecule has 6 nitrogen and oxygen atoms in total. The number of fused-ring (bicyclic) bond motifs is 1. The second-order valence-electron chi connectivity index (χ2n) is 5.74. The van der Waals surface area contributed by atoms with E-state index in [9.17, 15) is 10.1 Å². The van der Waals surface area contributed by atoms with E-state index in [1.54, 1.807) is 11.5 Å². The lowest BCUT2D eigenvalue weighted by Crippen LogP contribution is -2.39. The van der Waals surface area contributed by atoms with Crippen LogP contribution in [0, 0.1) is 22.9 Å². The van der Waals surface area contributed by atoms with Crippen molar-refractivity contribution in [1.29, 1.82) is 5.26 Å². The summed E-state index contributed by atoms with van der Waals surface area (Å²) >= 11 is 5.43. The largest absolute Gasteiger partial charge is 0.462 e. The lowest BCUT2D eigenvalue weighted by molar-refractivity contribution is 0.0526. The fourth-order valence-corrected chi connectivity index (χ4v) is 3.01. The lowest BCUT2D eigenvalue weighted by Gasteiger charge is -2.34. The van der Waals surface area contributed by atoms with Gasteiger partial charge in [0.1, 0.15) is 22.1 Å².